The zero-order valence-electron chi connectivity index (χ0n) is 26.6. The molecular formula is C45H25N3OS. The van der Waals surface area contributed by atoms with Gasteiger partial charge >= 0.3 is 0 Å². The van der Waals surface area contributed by atoms with E-state index >= 15 is 0 Å². The van der Waals surface area contributed by atoms with E-state index in [4.69, 9.17) is 19.4 Å². The molecule has 0 spiro atoms. The summed E-state index contributed by atoms with van der Waals surface area (Å²) in [5.74, 6) is 1.88. The summed E-state index contributed by atoms with van der Waals surface area (Å²) in [6.07, 6.45) is 0. The minimum atomic E-state index is 0.613. The average Bonchev–Trinajstić information content (AvgIpc) is 3.75. The Hall–Kier alpha value is -6.43. The van der Waals surface area contributed by atoms with E-state index in [1.165, 1.54) is 47.1 Å². The zero-order chi connectivity index (χ0) is 32.8. The summed E-state index contributed by atoms with van der Waals surface area (Å²) >= 11 is 1.81. The third-order valence-corrected chi connectivity index (χ3v) is 11.1. The van der Waals surface area contributed by atoms with E-state index in [2.05, 4.69) is 121 Å². The number of nitrogens with zero attached hydrogens (tertiary/aromatic N) is 3. The molecule has 0 unspecified atom stereocenters. The summed E-state index contributed by atoms with van der Waals surface area (Å²) in [4.78, 5) is 15.5. The van der Waals surface area contributed by atoms with Crippen molar-refractivity contribution >= 4 is 85.8 Å². The van der Waals surface area contributed by atoms with Gasteiger partial charge in [-0.3, -0.25) is 0 Å². The molecule has 4 nitrogen and oxygen atoms in total. The van der Waals surface area contributed by atoms with Gasteiger partial charge in [-0.2, -0.15) is 0 Å². The van der Waals surface area contributed by atoms with Crippen molar-refractivity contribution in [2.45, 2.75) is 0 Å². The van der Waals surface area contributed by atoms with Crippen LogP contribution in [0.15, 0.2) is 156 Å². The van der Waals surface area contributed by atoms with Crippen molar-refractivity contribution in [2.75, 3.05) is 0 Å². The highest BCUT2D eigenvalue weighted by molar-refractivity contribution is 7.25. The molecule has 0 saturated carbocycles. The summed E-state index contributed by atoms with van der Waals surface area (Å²) in [6, 6.07) is 53.4. The van der Waals surface area contributed by atoms with Crippen LogP contribution < -0.4 is 0 Å². The number of fused-ring (bicyclic) bond motifs is 11. The van der Waals surface area contributed by atoms with Gasteiger partial charge in [0.05, 0.1) is 0 Å². The van der Waals surface area contributed by atoms with E-state index in [1.54, 1.807) is 0 Å². The van der Waals surface area contributed by atoms with Crippen molar-refractivity contribution in [3.05, 3.63) is 152 Å². The van der Waals surface area contributed by atoms with Crippen molar-refractivity contribution in [3.63, 3.8) is 0 Å². The van der Waals surface area contributed by atoms with E-state index in [1.807, 2.05) is 41.7 Å². The molecule has 0 saturated heterocycles. The fourth-order valence-corrected chi connectivity index (χ4v) is 8.64. The molecule has 3 heterocycles. The lowest BCUT2D eigenvalue weighted by Gasteiger charge is -2.11. The normalized spacial score (nSPS) is 12.0. The summed E-state index contributed by atoms with van der Waals surface area (Å²) in [7, 11) is 0. The van der Waals surface area contributed by atoms with Gasteiger partial charge in [-0.1, -0.05) is 109 Å². The Morgan fingerprint density at radius 1 is 0.380 bits per heavy atom. The number of para-hydroxylation sites is 1. The fraction of sp³-hybridized carbons (Fsp3) is 0. The Balaban J connectivity index is 1.15. The molecule has 11 rings (SSSR count). The number of rotatable bonds is 3. The van der Waals surface area contributed by atoms with E-state index in [0.29, 0.717) is 17.5 Å². The predicted octanol–water partition coefficient (Wildman–Crippen LogP) is 12.6. The largest absolute Gasteiger partial charge is 0.456 e. The van der Waals surface area contributed by atoms with Gasteiger partial charge < -0.3 is 4.42 Å². The first-order valence-electron chi connectivity index (χ1n) is 16.7. The topological polar surface area (TPSA) is 51.8 Å². The van der Waals surface area contributed by atoms with Gasteiger partial charge in [-0.25, -0.2) is 15.0 Å². The highest BCUT2D eigenvalue weighted by atomic mass is 32.1. The predicted molar refractivity (Wildman–Crippen MR) is 209 cm³/mol. The van der Waals surface area contributed by atoms with Crippen LogP contribution in [-0.2, 0) is 0 Å². The highest BCUT2D eigenvalue weighted by Gasteiger charge is 2.19. The molecule has 0 aliphatic rings. The van der Waals surface area contributed by atoms with Crippen LogP contribution in [0.25, 0.3) is 109 Å². The van der Waals surface area contributed by atoms with Crippen molar-refractivity contribution < 1.29 is 4.42 Å². The van der Waals surface area contributed by atoms with Crippen LogP contribution in [0.2, 0.25) is 0 Å². The molecule has 0 fully saturated rings. The monoisotopic (exact) mass is 655 g/mol. The van der Waals surface area contributed by atoms with Crippen molar-refractivity contribution in [3.8, 4) is 34.2 Å². The molecular weight excluding hydrogens is 631 g/mol. The highest BCUT2D eigenvalue weighted by Crippen LogP contribution is 2.39. The van der Waals surface area contributed by atoms with Crippen molar-refractivity contribution in [2.24, 2.45) is 0 Å². The lowest BCUT2D eigenvalue weighted by molar-refractivity contribution is 0.669. The molecule has 0 amide bonds. The van der Waals surface area contributed by atoms with Crippen LogP contribution >= 0.6 is 11.3 Å². The van der Waals surface area contributed by atoms with Crippen LogP contribution in [0.3, 0.4) is 0 Å². The summed E-state index contributed by atoms with van der Waals surface area (Å²) < 4.78 is 8.78. The second kappa shape index (κ2) is 10.5. The molecule has 5 heteroatoms. The number of hydrogen-bond acceptors (Lipinski definition) is 5. The summed E-state index contributed by atoms with van der Waals surface area (Å²) in [5.41, 5.74) is 4.46. The first-order valence-corrected chi connectivity index (χ1v) is 17.5. The van der Waals surface area contributed by atoms with Gasteiger partial charge in [0.2, 0.25) is 0 Å². The third-order valence-electron chi connectivity index (χ3n) is 9.91. The molecule has 0 aliphatic heterocycles. The quantitative estimate of drug-likeness (QED) is 0.178. The fourth-order valence-electron chi connectivity index (χ4n) is 7.55. The van der Waals surface area contributed by atoms with Gasteiger partial charge in [0.25, 0.3) is 0 Å². The minimum Gasteiger partial charge on any atom is -0.456 e. The molecule has 50 heavy (non-hydrogen) atoms. The maximum absolute atomic E-state index is 6.26. The lowest BCUT2D eigenvalue weighted by atomic mass is 9.96. The van der Waals surface area contributed by atoms with Crippen LogP contribution in [-0.4, -0.2) is 15.0 Å². The number of aromatic nitrogens is 3. The van der Waals surface area contributed by atoms with E-state index < -0.39 is 0 Å². The molecule has 232 valence electrons. The average molecular weight is 656 g/mol. The standard InChI is InChI=1S/C45H25N3OS/c1-2-9-30-26(8-1)16-21-33-31-20-18-28(24-27(31)17-22-32(30)33)43-46-44(29-19-23-41-37(25-29)34-10-4-6-15-40(34)50-41)48-45(47-43)36-12-7-14-39-42(36)35-11-3-5-13-38(35)49-39/h1-25H. The van der Waals surface area contributed by atoms with Crippen molar-refractivity contribution in [1.29, 1.82) is 0 Å². The van der Waals surface area contributed by atoms with E-state index in [-0.39, 0.29) is 0 Å². The zero-order valence-corrected chi connectivity index (χ0v) is 27.4. The Kier molecular flexibility index (Phi) is 5.80. The number of benzene rings is 8. The lowest BCUT2D eigenvalue weighted by Crippen LogP contribution is -2.00. The van der Waals surface area contributed by atoms with Gasteiger partial charge in [0.15, 0.2) is 17.5 Å². The molecule has 11 aromatic rings. The van der Waals surface area contributed by atoms with Crippen LogP contribution in [0.4, 0.5) is 0 Å². The molecule has 8 aromatic carbocycles. The Bertz CT molecular complexity index is 3170. The molecule has 0 bridgehead atoms. The van der Waals surface area contributed by atoms with Gasteiger partial charge in [-0.05, 0) is 74.8 Å². The SMILES string of the molecule is c1ccc2c(c1)ccc1c3ccc(-c4nc(-c5ccc6sc7ccccc7c6c5)nc(-c5cccc6oc7ccccc7c56)n4)cc3ccc21. The van der Waals surface area contributed by atoms with Crippen LogP contribution in [0.1, 0.15) is 0 Å². The second-order valence-electron chi connectivity index (χ2n) is 12.8. The van der Waals surface area contributed by atoms with Crippen molar-refractivity contribution in [1.82, 2.24) is 15.0 Å². The van der Waals surface area contributed by atoms with Gasteiger partial charge in [0.1, 0.15) is 11.2 Å². The summed E-state index contributed by atoms with van der Waals surface area (Å²) in [6.45, 7) is 0. The van der Waals surface area contributed by atoms with Gasteiger partial charge in [0, 0.05) is 47.6 Å². The second-order valence-corrected chi connectivity index (χ2v) is 13.9. The van der Waals surface area contributed by atoms with Crippen LogP contribution in [0, 0.1) is 0 Å². The Morgan fingerprint density at radius 2 is 1.00 bits per heavy atom. The molecule has 3 aromatic heterocycles. The number of hydrogen-bond donors (Lipinski definition) is 0. The first kappa shape index (κ1) is 27.5. The molecule has 0 N–H and O–H groups in total. The van der Waals surface area contributed by atoms with E-state index in [9.17, 15) is 0 Å². The maximum Gasteiger partial charge on any atom is 0.164 e. The molecule has 0 atom stereocenters. The first-order chi connectivity index (χ1) is 24.7. The van der Waals surface area contributed by atoms with E-state index in [0.717, 1.165) is 44.0 Å². The number of furan rings is 1. The minimum absolute atomic E-state index is 0.613. The Labute approximate surface area is 289 Å². The summed E-state index contributed by atoms with van der Waals surface area (Å²) in [5, 5.41) is 11.8. The number of thiophene rings is 1. The molecule has 0 aliphatic carbocycles. The smallest absolute Gasteiger partial charge is 0.164 e. The third kappa shape index (κ3) is 4.14. The maximum atomic E-state index is 6.26. The van der Waals surface area contributed by atoms with Gasteiger partial charge in [-0.15, -0.1) is 11.3 Å². The Morgan fingerprint density at radius 3 is 1.88 bits per heavy atom. The molecule has 0 radical (unpaired) electrons. The van der Waals surface area contributed by atoms with Crippen LogP contribution in [0.5, 0.6) is 0 Å².